The summed E-state index contributed by atoms with van der Waals surface area (Å²) in [5, 5.41) is 16.3. The van der Waals surface area contributed by atoms with Crippen LogP contribution in [0.1, 0.15) is 18.1 Å². The Morgan fingerprint density at radius 3 is 2.68 bits per heavy atom. The van der Waals surface area contributed by atoms with Crippen molar-refractivity contribution in [2.24, 2.45) is 0 Å². The first-order valence-electron chi connectivity index (χ1n) is 7.44. The Morgan fingerprint density at radius 1 is 1.36 bits per heavy atom. The summed E-state index contributed by atoms with van der Waals surface area (Å²) in [4.78, 5) is 12.0. The summed E-state index contributed by atoms with van der Waals surface area (Å²) >= 11 is 13.9. The summed E-state index contributed by atoms with van der Waals surface area (Å²) in [6.07, 6.45) is -0.851. The van der Waals surface area contributed by atoms with Gasteiger partial charge in [-0.2, -0.15) is 0 Å². The normalized spacial score (nSPS) is 10.9. The van der Waals surface area contributed by atoms with Crippen LogP contribution in [-0.2, 0) is 6.42 Å². The molecule has 0 radical (unpaired) electrons. The topological polar surface area (TPSA) is 64.3 Å². The third-order valence-electron chi connectivity index (χ3n) is 3.59. The predicted octanol–water partition coefficient (Wildman–Crippen LogP) is 5.84. The molecule has 0 aliphatic carbocycles. The molecule has 5 nitrogen and oxygen atoms in total. The number of rotatable bonds is 4. The molecule has 0 fully saturated rings. The first kappa shape index (κ1) is 17.8. The number of thiophene rings is 1. The van der Waals surface area contributed by atoms with E-state index in [-0.39, 0.29) is 5.88 Å². The van der Waals surface area contributed by atoms with Crippen molar-refractivity contribution < 1.29 is 14.6 Å². The smallest absolute Gasteiger partial charge is 0.449 e. The van der Waals surface area contributed by atoms with Crippen molar-refractivity contribution >= 4 is 40.7 Å². The molecule has 2 heterocycles. The summed E-state index contributed by atoms with van der Waals surface area (Å²) in [6, 6.07) is 7.08. The second-order valence-electron chi connectivity index (χ2n) is 5.35. The molecular formula is C17H14Cl2N2O3S. The lowest BCUT2D eigenvalue weighted by Gasteiger charge is -2.09. The molecule has 2 aromatic heterocycles. The van der Waals surface area contributed by atoms with E-state index < -0.39 is 6.16 Å². The van der Waals surface area contributed by atoms with E-state index in [9.17, 15) is 4.79 Å². The zero-order valence-corrected chi connectivity index (χ0v) is 15.7. The highest BCUT2D eigenvalue weighted by molar-refractivity contribution is 7.13. The minimum absolute atomic E-state index is 0.0575. The summed E-state index contributed by atoms with van der Waals surface area (Å²) in [7, 11) is 0. The Bertz CT molecular complexity index is 950. The van der Waals surface area contributed by atoms with Gasteiger partial charge in [0.05, 0.1) is 21.3 Å². The number of hydrogen-bond acceptors (Lipinski definition) is 4. The molecule has 0 unspecified atom stereocenters. The Labute approximate surface area is 158 Å². The van der Waals surface area contributed by atoms with Crippen LogP contribution in [0.3, 0.4) is 0 Å². The predicted molar refractivity (Wildman–Crippen MR) is 99.7 cm³/mol. The maximum absolute atomic E-state index is 11.0. The second kappa shape index (κ2) is 7.07. The molecule has 3 rings (SSSR count). The molecule has 0 aliphatic rings. The van der Waals surface area contributed by atoms with Gasteiger partial charge in [-0.3, -0.25) is 0 Å². The fourth-order valence-electron chi connectivity index (χ4n) is 2.55. The number of benzene rings is 1. The molecule has 8 heteroatoms. The van der Waals surface area contributed by atoms with Gasteiger partial charge in [0.1, 0.15) is 0 Å². The van der Waals surface area contributed by atoms with E-state index >= 15 is 0 Å². The van der Waals surface area contributed by atoms with Crippen molar-refractivity contribution in [3.63, 3.8) is 0 Å². The highest BCUT2D eigenvalue weighted by Gasteiger charge is 2.24. The second-order valence-corrected chi connectivity index (χ2v) is 7.10. The molecule has 1 N–H and O–H groups in total. The first-order chi connectivity index (χ1) is 11.9. The van der Waals surface area contributed by atoms with Crippen molar-refractivity contribution in [1.82, 2.24) is 9.78 Å². The van der Waals surface area contributed by atoms with E-state index in [0.717, 1.165) is 16.1 Å². The molecule has 1 aromatic carbocycles. The average Bonchev–Trinajstić information content (AvgIpc) is 3.10. The van der Waals surface area contributed by atoms with E-state index in [0.29, 0.717) is 27.7 Å². The van der Waals surface area contributed by atoms with Gasteiger partial charge in [-0.05, 0) is 48.6 Å². The quantitative estimate of drug-likeness (QED) is 0.562. The SMILES string of the molecule is CCc1c(OC(=O)O)nn(-c2ccc(Cl)cc2Cl)c1-c1cc(C)cs1. The van der Waals surface area contributed by atoms with Crippen molar-refractivity contribution in [3.8, 4) is 22.1 Å². The van der Waals surface area contributed by atoms with E-state index in [2.05, 4.69) is 5.10 Å². The average molecular weight is 397 g/mol. The molecule has 0 spiro atoms. The molecule has 0 amide bonds. The summed E-state index contributed by atoms with van der Waals surface area (Å²) < 4.78 is 6.50. The number of nitrogens with zero attached hydrogens (tertiary/aromatic N) is 2. The molecular weight excluding hydrogens is 383 g/mol. The fraction of sp³-hybridized carbons (Fsp3) is 0.176. The van der Waals surface area contributed by atoms with Crippen LogP contribution in [0.25, 0.3) is 16.3 Å². The minimum Gasteiger partial charge on any atom is -0.449 e. The molecule has 0 saturated heterocycles. The van der Waals surface area contributed by atoms with Gasteiger partial charge >= 0.3 is 6.16 Å². The van der Waals surface area contributed by atoms with Crippen LogP contribution in [0.4, 0.5) is 4.79 Å². The maximum atomic E-state index is 11.0. The van der Waals surface area contributed by atoms with Gasteiger partial charge in [0, 0.05) is 10.6 Å². The van der Waals surface area contributed by atoms with Crippen LogP contribution in [0, 0.1) is 6.92 Å². The lowest BCUT2D eigenvalue weighted by Crippen LogP contribution is -2.05. The summed E-state index contributed by atoms with van der Waals surface area (Å²) in [5.41, 5.74) is 3.18. The maximum Gasteiger partial charge on any atom is 0.512 e. The van der Waals surface area contributed by atoms with Gasteiger partial charge in [-0.15, -0.1) is 16.4 Å². The summed E-state index contributed by atoms with van der Waals surface area (Å²) in [6.45, 7) is 3.92. The number of aryl methyl sites for hydroxylation is 1. The summed E-state index contributed by atoms with van der Waals surface area (Å²) in [5.74, 6) is 0.0575. The van der Waals surface area contributed by atoms with Gasteiger partial charge < -0.3 is 9.84 Å². The molecule has 130 valence electrons. The highest BCUT2D eigenvalue weighted by Crippen LogP contribution is 2.38. The number of carboxylic acid groups (broad SMARTS) is 1. The van der Waals surface area contributed by atoms with Gasteiger partial charge in [0.15, 0.2) is 0 Å². The van der Waals surface area contributed by atoms with Gasteiger partial charge in [0.25, 0.3) is 0 Å². The highest BCUT2D eigenvalue weighted by atomic mass is 35.5. The van der Waals surface area contributed by atoms with E-state index in [4.69, 9.17) is 33.0 Å². The minimum atomic E-state index is -1.41. The Kier molecular flexibility index (Phi) is 5.03. The van der Waals surface area contributed by atoms with Gasteiger partial charge in [0.2, 0.25) is 5.88 Å². The Balaban J connectivity index is 2.29. The van der Waals surface area contributed by atoms with Gasteiger partial charge in [-0.1, -0.05) is 30.1 Å². The molecule has 3 aromatic rings. The standard InChI is InChI=1S/C17H14Cl2N2O3S/c1-3-11-15(14-6-9(2)8-25-14)21(20-16(11)24-17(22)23)13-5-4-10(18)7-12(13)19/h4-8H,3H2,1-2H3,(H,22,23). The monoisotopic (exact) mass is 396 g/mol. The van der Waals surface area contributed by atoms with Crippen molar-refractivity contribution in [1.29, 1.82) is 0 Å². The van der Waals surface area contributed by atoms with Crippen LogP contribution >= 0.6 is 34.5 Å². The Morgan fingerprint density at radius 2 is 2.12 bits per heavy atom. The molecule has 0 atom stereocenters. The van der Waals surface area contributed by atoms with Gasteiger partial charge in [-0.25, -0.2) is 9.48 Å². The number of hydrogen-bond donors (Lipinski definition) is 1. The van der Waals surface area contributed by atoms with E-state index in [1.54, 1.807) is 34.2 Å². The third-order valence-corrected chi connectivity index (χ3v) is 5.18. The zero-order chi connectivity index (χ0) is 18.1. The van der Waals surface area contributed by atoms with Crippen LogP contribution in [0.15, 0.2) is 29.6 Å². The van der Waals surface area contributed by atoms with E-state index in [1.807, 2.05) is 25.3 Å². The van der Waals surface area contributed by atoms with E-state index in [1.165, 1.54) is 0 Å². The Hall–Kier alpha value is -2.02. The lowest BCUT2D eigenvalue weighted by molar-refractivity contribution is 0.142. The molecule has 0 aliphatic heterocycles. The van der Waals surface area contributed by atoms with Crippen molar-refractivity contribution in [3.05, 3.63) is 50.8 Å². The number of halogens is 2. The van der Waals surface area contributed by atoms with Crippen molar-refractivity contribution in [2.45, 2.75) is 20.3 Å². The lowest BCUT2D eigenvalue weighted by atomic mass is 10.1. The first-order valence-corrected chi connectivity index (χ1v) is 9.07. The van der Waals surface area contributed by atoms with Crippen LogP contribution in [0.5, 0.6) is 5.88 Å². The van der Waals surface area contributed by atoms with Crippen LogP contribution < -0.4 is 4.74 Å². The number of carbonyl (C=O) groups is 1. The largest absolute Gasteiger partial charge is 0.512 e. The van der Waals surface area contributed by atoms with Crippen molar-refractivity contribution in [2.75, 3.05) is 0 Å². The number of ether oxygens (including phenoxy) is 1. The molecule has 25 heavy (non-hydrogen) atoms. The zero-order valence-electron chi connectivity index (χ0n) is 13.4. The van der Waals surface area contributed by atoms with Crippen LogP contribution in [-0.4, -0.2) is 21.0 Å². The fourth-order valence-corrected chi connectivity index (χ4v) is 3.99. The number of aromatic nitrogens is 2. The van der Waals surface area contributed by atoms with Crippen LogP contribution in [0.2, 0.25) is 10.0 Å². The molecule has 0 saturated carbocycles. The third kappa shape index (κ3) is 3.51. The molecule has 0 bridgehead atoms.